The van der Waals surface area contributed by atoms with Gasteiger partial charge in [-0.05, 0) is 23.8 Å². The van der Waals surface area contributed by atoms with Crippen LogP contribution in [-0.2, 0) is 20.8 Å². The minimum atomic E-state index is -0.612. The highest BCUT2D eigenvalue weighted by Gasteiger charge is 2.32. The van der Waals surface area contributed by atoms with Crippen LogP contribution in [0, 0.1) is 0 Å². The summed E-state index contributed by atoms with van der Waals surface area (Å²) in [5, 5.41) is 0. The van der Waals surface area contributed by atoms with Gasteiger partial charge in [0.25, 0.3) is 0 Å². The molecule has 0 N–H and O–H groups in total. The van der Waals surface area contributed by atoms with Crippen molar-refractivity contribution in [1.82, 2.24) is 0 Å². The highest BCUT2D eigenvalue weighted by Crippen LogP contribution is 2.30. The van der Waals surface area contributed by atoms with Gasteiger partial charge >= 0.3 is 11.9 Å². The molecule has 27 heavy (non-hydrogen) atoms. The lowest BCUT2D eigenvalue weighted by Gasteiger charge is -2.35. The zero-order chi connectivity index (χ0) is 19.2. The fraction of sp³-hybridized carbons (Fsp3) is 0.333. The molecule has 0 atom stereocenters. The molecule has 0 radical (unpaired) electrons. The average Bonchev–Trinajstić information content (AvgIpc) is 2.69. The Morgan fingerprint density at radius 3 is 2.22 bits per heavy atom. The number of hydrogen-bond donors (Lipinski definition) is 0. The zero-order valence-electron chi connectivity index (χ0n) is 15.3. The van der Waals surface area contributed by atoms with Crippen molar-refractivity contribution in [1.29, 1.82) is 0 Å². The van der Waals surface area contributed by atoms with E-state index in [-0.39, 0.29) is 23.3 Å². The summed E-state index contributed by atoms with van der Waals surface area (Å²) < 4.78 is 21.2. The van der Waals surface area contributed by atoms with E-state index in [1.807, 2.05) is 30.3 Å². The molecule has 3 rings (SSSR count). The molecule has 0 amide bonds. The Morgan fingerprint density at radius 1 is 0.889 bits per heavy atom. The Labute approximate surface area is 158 Å². The molecule has 142 valence electrons. The van der Waals surface area contributed by atoms with Crippen LogP contribution in [0.4, 0.5) is 0 Å². The molecule has 0 aliphatic heterocycles. The third-order valence-corrected chi connectivity index (χ3v) is 4.48. The Bertz CT molecular complexity index is 796. The van der Waals surface area contributed by atoms with Crippen molar-refractivity contribution < 1.29 is 28.5 Å². The number of benzene rings is 2. The first kappa shape index (κ1) is 18.9. The number of hydrogen-bond acceptors (Lipinski definition) is 6. The molecule has 0 aromatic heterocycles. The second-order valence-corrected chi connectivity index (χ2v) is 6.32. The molecule has 0 bridgehead atoms. The SMILES string of the molecule is COC(=O)c1ccc(O[C@H]2C[C@H](OCc3ccccc3)C2)cc1C(=O)OC. The van der Waals surface area contributed by atoms with Crippen molar-refractivity contribution in [2.75, 3.05) is 14.2 Å². The Morgan fingerprint density at radius 2 is 1.56 bits per heavy atom. The third kappa shape index (κ3) is 4.65. The van der Waals surface area contributed by atoms with Gasteiger partial charge in [-0.3, -0.25) is 0 Å². The first-order chi connectivity index (χ1) is 13.1. The van der Waals surface area contributed by atoms with E-state index in [1.165, 1.54) is 26.4 Å². The average molecular weight is 370 g/mol. The van der Waals surface area contributed by atoms with E-state index in [2.05, 4.69) is 0 Å². The van der Waals surface area contributed by atoms with Crippen molar-refractivity contribution in [2.24, 2.45) is 0 Å². The molecule has 6 heteroatoms. The van der Waals surface area contributed by atoms with E-state index >= 15 is 0 Å². The van der Waals surface area contributed by atoms with Crippen LogP contribution in [0.1, 0.15) is 39.1 Å². The van der Waals surface area contributed by atoms with E-state index in [0.717, 1.165) is 18.4 Å². The summed E-state index contributed by atoms with van der Waals surface area (Å²) in [5.41, 5.74) is 1.41. The molecule has 0 spiro atoms. The van der Waals surface area contributed by atoms with Crippen LogP contribution >= 0.6 is 0 Å². The number of carbonyl (C=O) groups excluding carboxylic acids is 2. The Balaban J connectivity index is 1.55. The van der Waals surface area contributed by atoms with Crippen molar-refractivity contribution >= 4 is 11.9 Å². The summed E-state index contributed by atoms with van der Waals surface area (Å²) in [6, 6.07) is 14.7. The smallest absolute Gasteiger partial charge is 0.338 e. The maximum atomic E-state index is 11.9. The lowest BCUT2D eigenvalue weighted by molar-refractivity contribution is -0.0683. The monoisotopic (exact) mass is 370 g/mol. The second kappa shape index (κ2) is 8.68. The number of carbonyl (C=O) groups is 2. The predicted octanol–water partition coefficient (Wildman–Crippen LogP) is 3.39. The minimum absolute atomic E-state index is 0.0141. The topological polar surface area (TPSA) is 71.1 Å². The van der Waals surface area contributed by atoms with Crippen molar-refractivity contribution in [3.63, 3.8) is 0 Å². The Kier molecular flexibility index (Phi) is 6.08. The predicted molar refractivity (Wildman–Crippen MR) is 97.8 cm³/mol. The lowest BCUT2D eigenvalue weighted by atomic mass is 9.91. The van der Waals surface area contributed by atoms with Gasteiger partial charge in [-0.25, -0.2) is 9.59 Å². The van der Waals surface area contributed by atoms with Gasteiger partial charge in [0, 0.05) is 12.8 Å². The number of methoxy groups -OCH3 is 2. The quantitative estimate of drug-likeness (QED) is 0.696. The van der Waals surface area contributed by atoms with Gasteiger partial charge in [0.1, 0.15) is 11.9 Å². The Hall–Kier alpha value is -2.86. The summed E-state index contributed by atoms with van der Waals surface area (Å²) in [6.07, 6.45) is 1.73. The van der Waals surface area contributed by atoms with Gasteiger partial charge in [0.05, 0.1) is 38.1 Å². The van der Waals surface area contributed by atoms with Crippen LogP contribution in [0.2, 0.25) is 0 Å². The van der Waals surface area contributed by atoms with Crippen molar-refractivity contribution in [3.05, 3.63) is 65.2 Å². The van der Waals surface area contributed by atoms with Crippen LogP contribution < -0.4 is 4.74 Å². The molecule has 1 aliphatic rings. The first-order valence-electron chi connectivity index (χ1n) is 8.73. The van der Waals surface area contributed by atoms with Gasteiger partial charge < -0.3 is 18.9 Å². The molecule has 0 unspecified atom stereocenters. The van der Waals surface area contributed by atoms with Gasteiger partial charge in [0.15, 0.2) is 0 Å². The van der Waals surface area contributed by atoms with E-state index in [4.69, 9.17) is 18.9 Å². The largest absolute Gasteiger partial charge is 0.490 e. The summed E-state index contributed by atoms with van der Waals surface area (Å²) in [7, 11) is 2.52. The van der Waals surface area contributed by atoms with Crippen LogP contribution in [-0.4, -0.2) is 38.4 Å². The fourth-order valence-corrected chi connectivity index (χ4v) is 2.89. The zero-order valence-corrected chi connectivity index (χ0v) is 15.3. The molecule has 2 aromatic carbocycles. The molecule has 1 aliphatic carbocycles. The van der Waals surface area contributed by atoms with Gasteiger partial charge in [-0.2, -0.15) is 0 Å². The summed E-state index contributed by atoms with van der Waals surface area (Å²) in [6.45, 7) is 0.582. The van der Waals surface area contributed by atoms with E-state index in [9.17, 15) is 9.59 Å². The second-order valence-electron chi connectivity index (χ2n) is 6.32. The van der Waals surface area contributed by atoms with Crippen LogP contribution in [0.5, 0.6) is 5.75 Å². The third-order valence-electron chi connectivity index (χ3n) is 4.48. The van der Waals surface area contributed by atoms with Gasteiger partial charge in [-0.15, -0.1) is 0 Å². The number of ether oxygens (including phenoxy) is 4. The van der Waals surface area contributed by atoms with Crippen molar-refractivity contribution in [3.8, 4) is 5.75 Å². The van der Waals surface area contributed by atoms with Gasteiger partial charge in [-0.1, -0.05) is 30.3 Å². The molecule has 0 saturated heterocycles. The molecule has 6 nitrogen and oxygen atoms in total. The maximum Gasteiger partial charge on any atom is 0.338 e. The molecular formula is C21H22O6. The van der Waals surface area contributed by atoms with Crippen LogP contribution in [0.15, 0.2) is 48.5 Å². The summed E-state index contributed by atoms with van der Waals surface area (Å²) >= 11 is 0. The first-order valence-corrected chi connectivity index (χ1v) is 8.73. The highest BCUT2D eigenvalue weighted by atomic mass is 16.5. The lowest BCUT2D eigenvalue weighted by Crippen LogP contribution is -2.39. The van der Waals surface area contributed by atoms with Gasteiger partial charge in [0.2, 0.25) is 0 Å². The molecular weight excluding hydrogens is 348 g/mol. The van der Waals surface area contributed by atoms with Crippen molar-refractivity contribution in [2.45, 2.75) is 31.7 Å². The standard InChI is InChI=1S/C21H22O6/c1-24-20(22)18-9-8-15(12-19(18)21(23)25-2)27-17-10-16(11-17)26-13-14-6-4-3-5-7-14/h3-9,12,16-17H,10-11,13H2,1-2H3/t16-,17-. The summed E-state index contributed by atoms with van der Waals surface area (Å²) in [4.78, 5) is 23.7. The fourth-order valence-electron chi connectivity index (χ4n) is 2.89. The van der Waals surface area contributed by atoms with Crippen LogP contribution in [0.3, 0.4) is 0 Å². The normalized spacial score (nSPS) is 18.3. The highest BCUT2D eigenvalue weighted by molar-refractivity contribution is 6.03. The minimum Gasteiger partial charge on any atom is -0.490 e. The molecule has 0 heterocycles. The van der Waals surface area contributed by atoms with E-state index in [0.29, 0.717) is 12.4 Å². The number of esters is 2. The molecule has 1 fully saturated rings. The molecule has 2 aromatic rings. The molecule has 1 saturated carbocycles. The van der Waals surface area contributed by atoms with E-state index < -0.39 is 11.9 Å². The summed E-state index contributed by atoms with van der Waals surface area (Å²) in [5.74, 6) is -0.701. The van der Waals surface area contributed by atoms with Crippen LogP contribution in [0.25, 0.3) is 0 Å². The maximum absolute atomic E-state index is 11.9. The number of rotatable bonds is 7. The van der Waals surface area contributed by atoms with E-state index in [1.54, 1.807) is 6.07 Å².